The van der Waals surface area contributed by atoms with E-state index in [2.05, 4.69) is 5.32 Å². The quantitative estimate of drug-likeness (QED) is 0.492. The van der Waals surface area contributed by atoms with Gasteiger partial charge in [0.15, 0.2) is 0 Å². The molecule has 0 radical (unpaired) electrons. The Balaban J connectivity index is 1.71. The Labute approximate surface area is 212 Å². The molecule has 194 valence electrons. The smallest absolute Gasteiger partial charge is 0.269 e. The third-order valence-electron chi connectivity index (χ3n) is 6.00. The zero-order valence-electron chi connectivity index (χ0n) is 21.1. The number of nitrogens with one attached hydrogen (secondary N) is 1. The lowest BCUT2D eigenvalue weighted by Gasteiger charge is -2.29. The number of hydrogen-bond donors (Lipinski definition) is 1. The first-order valence-electron chi connectivity index (χ1n) is 11.9. The molecule has 0 fully saturated rings. The number of benzene rings is 2. The van der Waals surface area contributed by atoms with Crippen LogP contribution in [0.4, 0.5) is 0 Å². The first-order valence-corrected chi connectivity index (χ1v) is 13.4. The van der Waals surface area contributed by atoms with Gasteiger partial charge in [-0.15, -0.1) is 0 Å². The summed E-state index contributed by atoms with van der Waals surface area (Å²) >= 11 is 0. The van der Waals surface area contributed by atoms with Crippen LogP contribution >= 0.6 is 0 Å². The van der Waals surface area contributed by atoms with Crippen molar-refractivity contribution in [1.29, 1.82) is 0 Å². The van der Waals surface area contributed by atoms with Gasteiger partial charge in [0, 0.05) is 26.1 Å². The Kier molecular flexibility index (Phi) is 8.73. The van der Waals surface area contributed by atoms with E-state index in [1.54, 1.807) is 38.3 Å². The van der Waals surface area contributed by atoms with Gasteiger partial charge in [0.1, 0.15) is 16.7 Å². The molecule has 0 spiro atoms. The maximum atomic E-state index is 13.3. The molecule has 0 aromatic heterocycles. The monoisotopic (exact) mass is 515 g/mol. The van der Waals surface area contributed by atoms with Crippen molar-refractivity contribution in [2.75, 3.05) is 20.2 Å². The van der Waals surface area contributed by atoms with Gasteiger partial charge in [-0.1, -0.05) is 38.1 Å². The number of fused-ring (bicyclic) bond motifs is 1. The minimum Gasteiger partial charge on any atom is -0.497 e. The molecule has 9 nitrogen and oxygen atoms in total. The standard InChI is InChI=1S/C26H33N3O6S/c1-18(2)16-27-25(31)19(3)28(17-20-9-7-10-21(15-20)35-4)24(30)13-8-14-29-26(32)22-11-5-6-12-23(22)36(29,33)34/h5-7,9-12,15,18-19H,8,13-14,16-17H2,1-4H3,(H,27,31)/t19-/m0/s1. The van der Waals surface area contributed by atoms with Crippen LogP contribution in [0.5, 0.6) is 5.75 Å². The van der Waals surface area contributed by atoms with Gasteiger partial charge in [-0.3, -0.25) is 14.4 Å². The highest BCUT2D eigenvalue weighted by atomic mass is 32.2. The van der Waals surface area contributed by atoms with Crippen molar-refractivity contribution in [1.82, 2.24) is 14.5 Å². The van der Waals surface area contributed by atoms with Crippen LogP contribution in [0.1, 0.15) is 49.5 Å². The summed E-state index contributed by atoms with van der Waals surface area (Å²) in [7, 11) is -2.38. The van der Waals surface area contributed by atoms with E-state index < -0.39 is 22.0 Å². The molecule has 3 amide bonds. The second-order valence-corrected chi connectivity index (χ2v) is 11.0. The summed E-state index contributed by atoms with van der Waals surface area (Å²) in [4.78, 5) is 40.2. The third kappa shape index (κ3) is 6.04. The van der Waals surface area contributed by atoms with E-state index in [1.165, 1.54) is 17.0 Å². The Morgan fingerprint density at radius 3 is 2.47 bits per heavy atom. The van der Waals surface area contributed by atoms with Crippen LogP contribution in [0, 0.1) is 5.92 Å². The molecule has 1 heterocycles. The zero-order chi connectivity index (χ0) is 26.5. The van der Waals surface area contributed by atoms with Crippen molar-refractivity contribution >= 4 is 27.7 Å². The zero-order valence-corrected chi connectivity index (χ0v) is 21.9. The SMILES string of the molecule is COc1cccc(CN(C(=O)CCCN2C(=O)c3ccccc3S2(=O)=O)[C@@H](C)C(=O)NCC(C)C)c1. The Morgan fingerprint density at radius 2 is 1.81 bits per heavy atom. The lowest BCUT2D eigenvalue weighted by molar-refractivity contribution is -0.140. The van der Waals surface area contributed by atoms with Gasteiger partial charge in [-0.05, 0) is 49.1 Å². The second-order valence-electron chi connectivity index (χ2n) is 9.17. The minimum atomic E-state index is -3.93. The summed E-state index contributed by atoms with van der Waals surface area (Å²) in [6.07, 6.45) is 0.105. The molecule has 0 aliphatic carbocycles. The number of carbonyl (C=O) groups excluding carboxylic acids is 3. The molecule has 2 aromatic rings. The van der Waals surface area contributed by atoms with Gasteiger partial charge < -0.3 is 15.0 Å². The van der Waals surface area contributed by atoms with Crippen molar-refractivity contribution in [2.45, 2.75) is 51.1 Å². The van der Waals surface area contributed by atoms with Crippen molar-refractivity contribution in [2.24, 2.45) is 5.92 Å². The molecule has 1 aliphatic heterocycles. The van der Waals surface area contributed by atoms with Gasteiger partial charge in [0.05, 0.1) is 12.7 Å². The number of carbonyl (C=O) groups is 3. The number of amides is 3. The molecule has 1 N–H and O–H groups in total. The molecule has 3 rings (SSSR count). The molecular weight excluding hydrogens is 482 g/mol. The summed E-state index contributed by atoms with van der Waals surface area (Å²) in [6, 6.07) is 12.6. The maximum absolute atomic E-state index is 13.3. The van der Waals surface area contributed by atoms with Gasteiger partial charge in [-0.25, -0.2) is 12.7 Å². The lowest BCUT2D eigenvalue weighted by atomic mass is 10.1. The van der Waals surface area contributed by atoms with Crippen LogP contribution in [0.3, 0.4) is 0 Å². The fourth-order valence-electron chi connectivity index (χ4n) is 3.97. The number of sulfonamides is 1. The molecule has 1 atom stereocenters. The Hall–Kier alpha value is -3.40. The Bertz CT molecular complexity index is 1230. The predicted octanol–water partition coefficient (Wildman–Crippen LogP) is 2.81. The molecule has 10 heteroatoms. The second kappa shape index (κ2) is 11.6. The lowest BCUT2D eigenvalue weighted by Crippen LogP contribution is -2.48. The van der Waals surface area contributed by atoms with E-state index in [-0.39, 0.29) is 54.1 Å². The summed E-state index contributed by atoms with van der Waals surface area (Å²) in [5, 5.41) is 2.86. The van der Waals surface area contributed by atoms with Crippen molar-refractivity contribution in [3.8, 4) is 5.75 Å². The minimum absolute atomic E-state index is 0.0172. The van der Waals surface area contributed by atoms with Crippen LogP contribution < -0.4 is 10.1 Å². The normalized spacial score (nSPS) is 14.9. The van der Waals surface area contributed by atoms with Crippen molar-refractivity contribution in [3.05, 3.63) is 59.7 Å². The summed E-state index contributed by atoms with van der Waals surface area (Å²) in [5.41, 5.74) is 0.929. The van der Waals surface area contributed by atoms with Gasteiger partial charge >= 0.3 is 0 Å². The molecule has 0 saturated carbocycles. The number of methoxy groups -OCH3 is 1. The van der Waals surface area contributed by atoms with Crippen LogP contribution in [0.15, 0.2) is 53.4 Å². The molecule has 36 heavy (non-hydrogen) atoms. The van der Waals surface area contributed by atoms with E-state index in [0.29, 0.717) is 12.3 Å². The van der Waals surface area contributed by atoms with E-state index in [4.69, 9.17) is 4.74 Å². The van der Waals surface area contributed by atoms with E-state index in [1.807, 2.05) is 26.0 Å². The van der Waals surface area contributed by atoms with E-state index in [0.717, 1.165) is 9.87 Å². The number of ether oxygens (including phenoxy) is 1. The molecule has 2 aromatic carbocycles. The van der Waals surface area contributed by atoms with E-state index in [9.17, 15) is 22.8 Å². The fraction of sp³-hybridized carbons (Fsp3) is 0.423. The molecular formula is C26H33N3O6S. The fourth-order valence-corrected chi connectivity index (χ4v) is 5.58. The van der Waals surface area contributed by atoms with Crippen LogP contribution in [-0.4, -0.2) is 61.6 Å². The van der Waals surface area contributed by atoms with Crippen molar-refractivity contribution < 1.29 is 27.5 Å². The number of rotatable bonds is 11. The van der Waals surface area contributed by atoms with E-state index >= 15 is 0 Å². The molecule has 1 aliphatic rings. The topological polar surface area (TPSA) is 113 Å². The average molecular weight is 516 g/mol. The number of nitrogens with zero attached hydrogens (tertiary/aromatic N) is 2. The molecule has 0 unspecified atom stereocenters. The Morgan fingerprint density at radius 1 is 1.08 bits per heavy atom. The maximum Gasteiger partial charge on any atom is 0.269 e. The first-order chi connectivity index (χ1) is 17.1. The number of hydrogen-bond acceptors (Lipinski definition) is 6. The van der Waals surface area contributed by atoms with Gasteiger partial charge in [0.2, 0.25) is 11.8 Å². The summed E-state index contributed by atoms with van der Waals surface area (Å²) in [6.45, 7) is 6.17. The predicted molar refractivity (Wildman–Crippen MR) is 135 cm³/mol. The summed E-state index contributed by atoms with van der Waals surface area (Å²) < 4.78 is 31.6. The van der Waals surface area contributed by atoms with Crippen LogP contribution in [0.25, 0.3) is 0 Å². The largest absolute Gasteiger partial charge is 0.497 e. The van der Waals surface area contributed by atoms with Crippen LogP contribution in [0.2, 0.25) is 0 Å². The highest BCUT2D eigenvalue weighted by Crippen LogP contribution is 2.30. The third-order valence-corrected chi connectivity index (χ3v) is 7.84. The molecule has 0 bridgehead atoms. The summed E-state index contributed by atoms with van der Waals surface area (Å²) in [5.74, 6) is -0.283. The van der Waals surface area contributed by atoms with Crippen LogP contribution in [-0.2, 0) is 26.2 Å². The van der Waals surface area contributed by atoms with Crippen molar-refractivity contribution in [3.63, 3.8) is 0 Å². The first kappa shape index (κ1) is 27.2. The molecule has 0 saturated heterocycles. The highest BCUT2D eigenvalue weighted by molar-refractivity contribution is 7.90. The average Bonchev–Trinajstić information content (AvgIpc) is 3.06. The van der Waals surface area contributed by atoms with Gasteiger partial charge in [-0.2, -0.15) is 0 Å². The van der Waals surface area contributed by atoms with Gasteiger partial charge in [0.25, 0.3) is 15.9 Å². The highest BCUT2D eigenvalue weighted by Gasteiger charge is 2.40.